The minimum absolute atomic E-state index is 0.205. The summed E-state index contributed by atoms with van der Waals surface area (Å²) < 4.78 is 0. The number of nitrogens with zero attached hydrogens (tertiary/aromatic N) is 3. The topological polar surface area (TPSA) is 26.8 Å². The van der Waals surface area contributed by atoms with Crippen LogP contribution in [0.15, 0.2) is 24.3 Å². The zero-order chi connectivity index (χ0) is 19.9. The maximum Gasteiger partial charge on any atom is 0.222 e. The molecule has 0 saturated carbocycles. The van der Waals surface area contributed by atoms with Crippen LogP contribution in [0, 0.1) is 5.92 Å². The highest BCUT2D eigenvalue weighted by Crippen LogP contribution is 2.26. The van der Waals surface area contributed by atoms with Crippen LogP contribution in [0.4, 0.5) is 0 Å². The molecular weight excluding hydrogens is 346 g/mol. The first-order chi connectivity index (χ1) is 13.5. The second-order valence-electron chi connectivity index (χ2n) is 8.95. The molecule has 0 unspecified atom stereocenters. The lowest BCUT2D eigenvalue weighted by Gasteiger charge is -2.41. The number of piperidine rings is 2. The maximum atomic E-state index is 11.7. The highest BCUT2D eigenvalue weighted by Gasteiger charge is 2.27. The van der Waals surface area contributed by atoms with Crippen molar-refractivity contribution in [2.45, 2.75) is 57.9 Å². The predicted molar refractivity (Wildman–Crippen MR) is 117 cm³/mol. The molecule has 2 saturated heterocycles. The van der Waals surface area contributed by atoms with Gasteiger partial charge in [0.15, 0.2) is 0 Å². The molecule has 0 bridgehead atoms. The summed E-state index contributed by atoms with van der Waals surface area (Å²) >= 11 is 0. The summed E-state index contributed by atoms with van der Waals surface area (Å²) in [4.78, 5) is 18.8. The summed E-state index contributed by atoms with van der Waals surface area (Å²) in [7, 11) is 3.65. The number of amides is 1. The van der Waals surface area contributed by atoms with Gasteiger partial charge >= 0.3 is 0 Å². The summed E-state index contributed by atoms with van der Waals surface area (Å²) in [5, 5.41) is 0. The van der Waals surface area contributed by atoms with Gasteiger partial charge in [0.05, 0.1) is 0 Å². The summed E-state index contributed by atoms with van der Waals surface area (Å²) in [5.74, 6) is 1.03. The van der Waals surface area contributed by atoms with Crippen molar-refractivity contribution >= 4 is 5.91 Å². The van der Waals surface area contributed by atoms with Crippen LogP contribution in [-0.4, -0.2) is 73.5 Å². The summed E-state index contributed by atoms with van der Waals surface area (Å²) in [6.07, 6.45) is 8.04. The molecule has 156 valence electrons. The minimum atomic E-state index is 0.205. The molecule has 4 nitrogen and oxygen atoms in total. The van der Waals surface area contributed by atoms with E-state index in [4.69, 9.17) is 0 Å². The minimum Gasteiger partial charge on any atom is -0.349 e. The first-order valence-electron chi connectivity index (χ1n) is 11.3. The molecule has 4 heteroatoms. The van der Waals surface area contributed by atoms with Gasteiger partial charge in [-0.15, -0.1) is 0 Å². The lowest BCUT2D eigenvalue weighted by molar-refractivity contribution is -0.128. The van der Waals surface area contributed by atoms with E-state index in [-0.39, 0.29) is 5.91 Å². The Morgan fingerprint density at radius 3 is 2.14 bits per heavy atom. The van der Waals surface area contributed by atoms with Crippen LogP contribution in [0.3, 0.4) is 0 Å². The van der Waals surface area contributed by atoms with Gasteiger partial charge < -0.3 is 14.7 Å². The normalized spacial score (nSPS) is 20.4. The van der Waals surface area contributed by atoms with Crippen molar-refractivity contribution < 1.29 is 4.79 Å². The van der Waals surface area contributed by atoms with Gasteiger partial charge in [-0.25, -0.2) is 0 Å². The zero-order valence-electron chi connectivity index (χ0n) is 18.2. The molecule has 1 amide bonds. The molecule has 28 heavy (non-hydrogen) atoms. The number of benzene rings is 1. The average molecular weight is 386 g/mol. The Morgan fingerprint density at radius 1 is 0.964 bits per heavy atom. The fraction of sp³-hybridized carbons (Fsp3) is 0.708. The Kier molecular flexibility index (Phi) is 7.92. The largest absolute Gasteiger partial charge is 0.349 e. The van der Waals surface area contributed by atoms with E-state index >= 15 is 0 Å². The molecule has 0 atom stereocenters. The molecule has 0 N–H and O–H groups in total. The van der Waals surface area contributed by atoms with Crippen molar-refractivity contribution in [2.24, 2.45) is 5.92 Å². The van der Waals surface area contributed by atoms with Gasteiger partial charge in [-0.3, -0.25) is 4.79 Å². The molecule has 3 rings (SSSR count). The van der Waals surface area contributed by atoms with Crippen LogP contribution >= 0.6 is 0 Å². The SMILES string of the molecule is CCN1CCC(N2CCC(Cc3ccc(CCC(=O)N(C)C)cc3)CC2)CC1. The Bertz CT molecular complexity index is 597. The van der Waals surface area contributed by atoms with Crippen molar-refractivity contribution in [1.82, 2.24) is 14.7 Å². The molecule has 0 aromatic heterocycles. The third-order valence-electron chi connectivity index (χ3n) is 6.84. The van der Waals surface area contributed by atoms with Crippen LogP contribution < -0.4 is 0 Å². The number of carbonyl (C=O) groups excluding carboxylic acids is 1. The number of hydrogen-bond acceptors (Lipinski definition) is 3. The summed E-state index contributed by atoms with van der Waals surface area (Å²) in [6.45, 7) is 8.63. The Labute approximate surface area is 171 Å². The fourth-order valence-electron chi connectivity index (χ4n) is 4.77. The Morgan fingerprint density at radius 2 is 1.57 bits per heavy atom. The van der Waals surface area contributed by atoms with E-state index in [2.05, 4.69) is 41.0 Å². The first kappa shape index (κ1) is 21.3. The highest BCUT2D eigenvalue weighted by molar-refractivity contribution is 5.75. The van der Waals surface area contributed by atoms with Gasteiger partial charge in [0.25, 0.3) is 0 Å². The van der Waals surface area contributed by atoms with Gasteiger partial charge in [0.2, 0.25) is 5.91 Å². The van der Waals surface area contributed by atoms with Gasteiger partial charge in [-0.2, -0.15) is 0 Å². The second-order valence-corrected chi connectivity index (χ2v) is 8.95. The lowest BCUT2D eigenvalue weighted by atomic mass is 9.88. The quantitative estimate of drug-likeness (QED) is 0.719. The van der Waals surface area contributed by atoms with E-state index in [0.29, 0.717) is 6.42 Å². The molecule has 0 aliphatic carbocycles. The van der Waals surface area contributed by atoms with Crippen LogP contribution in [0.2, 0.25) is 0 Å². The summed E-state index contributed by atoms with van der Waals surface area (Å²) in [6, 6.07) is 9.82. The number of carbonyl (C=O) groups is 1. The number of likely N-dealkylation sites (tertiary alicyclic amines) is 2. The van der Waals surface area contributed by atoms with Gasteiger partial charge in [-0.05, 0) is 88.3 Å². The molecule has 0 radical (unpaired) electrons. The molecule has 2 aliphatic heterocycles. The Hall–Kier alpha value is -1.39. The standard InChI is InChI=1S/C24H39N3O/c1-4-26-15-13-23(14-16-26)27-17-11-22(12-18-27)19-21-7-5-20(6-8-21)9-10-24(28)25(2)3/h5-8,22-23H,4,9-19H2,1-3H3. The predicted octanol–water partition coefficient (Wildman–Crippen LogP) is 3.45. The molecule has 0 spiro atoms. The molecule has 2 heterocycles. The van der Waals surface area contributed by atoms with Crippen molar-refractivity contribution in [3.8, 4) is 0 Å². The second kappa shape index (κ2) is 10.4. The number of hydrogen-bond donors (Lipinski definition) is 0. The van der Waals surface area contributed by atoms with Crippen molar-refractivity contribution in [1.29, 1.82) is 0 Å². The van der Waals surface area contributed by atoms with E-state index in [0.717, 1.165) is 18.4 Å². The lowest BCUT2D eigenvalue weighted by Crippen LogP contribution is -2.47. The molecule has 1 aromatic rings. The third kappa shape index (κ3) is 6.05. The first-order valence-corrected chi connectivity index (χ1v) is 11.3. The van der Waals surface area contributed by atoms with Crippen LogP contribution in [0.1, 0.15) is 50.2 Å². The monoisotopic (exact) mass is 385 g/mol. The van der Waals surface area contributed by atoms with E-state index in [9.17, 15) is 4.79 Å². The van der Waals surface area contributed by atoms with Crippen molar-refractivity contribution in [2.75, 3.05) is 46.8 Å². The van der Waals surface area contributed by atoms with E-state index < -0.39 is 0 Å². The molecule has 1 aromatic carbocycles. The Balaban J connectivity index is 1.39. The van der Waals surface area contributed by atoms with E-state index in [1.165, 1.54) is 76.0 Å². The smallest absolute Gasteiger partial charge is 0.222 e. The van der Waals surface area contributed by atoms with Crippen LogP contribution in [0.5, 0.6) is 0 Å². The van der Waals surface area contributed by atoms with E-state index in [1.54, 1.807) is 4.90 Å². The van der Waals surface area contributed by atoms with Crippen LogP contribution in [-0.2, 0) is 17.6 Å². The number of aryl methyl sites for hydroxylation is 1. The van der Waals surface area contributed by atoms with Crippen LogP contribution in [0.25, 0.3) is 0 Å². The van der Waals surface area contributed by atoms with E-state index in [1.807, 2.05) is 14.1 Å². The van der Waals surface area contributed by atoms with Gasteiger partial charge in [0.1, 0.15) is 0 Å². The number of rotatable bonds is 7. The molecule has 2 aliphatic rings. The summed E-state index contributed by atoms with van der Waals surface area (Å²) in [5.41, 5.74) is 2.73. The third-order valence-corrected chi connectivity index (χ3v) is 6.84. The molecule has 2 fully saturated rings. The van der Waals surface area contributed by atoms with Crippen molar-refractivity contribution in [3.63, 3.8) is 0 Å². The van der Waals surface area contributed by atoms with Gasteiger partial charge in [-0.1, -0.05) is 31.2 Å². The maximum absolute atomic E-state index is 11.7. The molecular formula is C24H39N3O. The highest BCUT2D eigenvalue weighted by atomic mass is 16.2. The average Bonchev–Trinajstić information content (AvgIpc) is 2.73. The fourth-order valence-corrected chi connectivity index (χ4v) is 4.77. The zero-order valence-corrected chi connectivity index (χ0v) is 18.2. The van der Waals surface area contributed by atoms with Crippen molar-refractivity contribution in [3.05, 3.63) is 35.4 Å². The van der Waals surface area contributed by atoms with Gasteiger partial charge in [0, 0.05) is 26.6 Å².